The lowest BCUT2D eigenvalue weighted by molar-refractivity contribution is -0.184. The zero-order chi connectivity index (χ0) is 14.0. The number of hydrogen-bond donors (Lipinski definition) is 1. The van der Waals surface area contributed by atoms with Crippen LogP contribution in [0.25, 0.3) is 0 Å². The fourth-order valence-corrected chi connectivity index (χ4v) is 3.89. The normalized spacial score (nSPS) is 26.4. The minimum Gasteiger partial charge on any atom is -0.327 e. The van der Waals surface area contributed by atoms with Gasteiger partial charge in [0.25, 0.3) is 0 Å². The number of alkyl halides is 3. The van der Waals surface area contributed by atoms with Gasteiger partial charge in [0.1, 0.15) is 0 Å². The molecule has 1 aliphatic carbocycles. The van der Waals surface area contributed by atoms with Crippen LogP contribution in [0, 0.1) is 11.8 Å². The van der Waals surface area contributed by atoms with Gasteiger partial charge >= 0.3 is 6.18 Å². The van der Waals surface area contributed by atoms with Crippen LogP contribution in [0.15, 0.2) is 12.1 Å². The fourth-order valence-electron chi connectivity index (χ4n) is 2.74. The topological polar surface area (TPSA) is 26.0 Å². The Kier molecular flexibility index (Phi) is 4.79. The summed E-state index contributed by atoms with van der Waals surface area (Å²) in [6.07, 6.45) is -1.76. The Morgan fingerprint density at radius 3 is 2.37 bits per heavy atom. The first-order chi connectivity index (χ1) is 8.86. The molecule has 108 valence electrons. The van der Waals surface area contributed by atoms with Crippen molar-refractivity contribution in [1.29, 1.82) is 0 Å². The molecule has 1 heterocycles. The maximum Gasteiger partial charge on any atom is 0.391 e. The number of rotatable bonds is 3. The minimum atomic E-state index is -4.05. The molecule has 0 aliphatic heterocycles. The van der Waals surface area contributed by atoms with Gasteiger partial charge in [-0.1, -0.05) is 11.6 Å². The smallest absolute Gasteiger partial charge is 0.327 e. The molecule has 1 nitrogen and oxygen atoms in total. The second-order valence-corrected chi connectivity index (χ2v) is 7.03. The van der Waals surface area contributed by atoms with Gasteiger partial charge in [-0.05, 0) is 50.2 Å². The van der Waals surface area contributed by atoms with Crippen molar-refractivity contribution < 1.29 is 13.2 Å². The van der Waals surface area contributed by atoms with Crippen LogP contribution in [0.2, 0.25) is 4.34 Å². The summed E-state index contributed by atoms with van der Waals surface area (Å²) in [6.45, 7) is 0. The van der Waals surface area contributed by atoms with Crippen LogP contribution in [0.4, 0.5) is 13.2 Å². The molecule has 2 rings (SSSR count). The molecule has 2 N–H and O–H groups in total. The summed E-state index contributed by atoms with van der Waals surface area (Å²) in [4.78, 5) is 1.11. The zero-order valence-corrected chi connectivity index (χ0v) is 12.0. The quantitative estimate of drug-likeness (QED) is 0.864. The van der Waals surface area contributed by atoms with Gasteiger partial charge in [-0.25, -0.2) is 0 Å². The molecule has 1 unspecified atom stereocenters. The van der Waals surface area contributed by atoms with Crippen LogP contribution in [-0.2, 0) is 6.42 Å². The Morgan fingerprint density at radius 2 is 1.89 bits per heavy atom. The second-order valence-electron chi connectivity index (χ2n) is 5.23. The molecular formula is C13H17ClF3NS. The highest BCUT2D eigenvalue weighted by atomic mass is 35.5. The van der Waals surface area contributed by atoms with Gasteiger partial charge in [0.15, 0.2) is 0 Å². The Labute approximate surface area is 119 Å². The van der Waals surface area contributed by atoms with Crippen molar-refractivity contribution in [2.45, 2.75) is 44.3 Å². The molecule has 1 aliphatic rings. The molecule has 1 atom stereocenters. The maximum atomic E-state index is 12.6. The second kappa shape index (κ2) is 6.02. The summed E-state index contributed by atoms with van der Waals surface area (Å²) in [5, 5.41) is 0. The van der Waals surface area contributed by atoms with Crippen LogP contribution in [0.3, 0.4) is 0 Å². The maximum absolute atomic E-state index is 12.6. The first kappa shape index (κ1) is 15.1. The third kappa shape index (κ3) is 4.10. The highest BCUT2D eigenvalue weighted by molar-refractivity contribution is 7.16. The zero-order valence-electron chi connectivity index (χ0n) is 10.4. The summed E-state index contributed by atoms with van der Waals surface area (Å²) >= 11 is 7.34. The number of nitrogens with two attached hydrogens (primary N) is 1. The van der Waals surface area contributed by atoms with Crippen LogP contribution in [0.1, 0.15) is 30.6 Å². The molecular weight excluding hydrogens is 295 g/mol. The van der Waals surface area contributed by atoms with Crippen molar-refractivity contribution in [3.8, 4) is 0 Å². The lowest BCUT2D eigenvalue weighted by atomic mass is 9.77. The van der Waals surface area contributed by atoms with E-state index in [0.717, 1.165) is 9.21 Å². The molecule has 1 saturated carbocycles. The third-order valence-electron chi connectivity index (χ3n) is 3.91. The van der Waals surface area contributed by atoms with E-state index in [9.17, 15) is 13.2 Å². The summed E-state index contributed by atoms with van der Waals surface area (Å²) in [6, 6.07) is 3.70. The van der Waals surface area contributed by atoms with Gasteiger partial charge in [0.2, 0.25) is 0 Å². The SMILES string of the molecule is NC(Cc1ccc(Cl)s1)C1CCC(C(F)(F)F)CC1. The Hall–Kier alpha value is -0.260. The molecule has 0 aromatic carbocycles. The van der Waals surface area contributed by atoms with Crippen LogP contribution < -0.4 is 5.73 Å². The molecule has 1 aromatic rings. The van der Waals surface area contributed by atoms with Crippen LogP contribution >= 0.6 is 22.9 Å². The Morgan fingerprint density at radius 1 is 1.26 bits per heavy atom. The molecule has 0 saturated heterocycles. The molecule has 1 fully saturated rings. The molecule has 0 bridgehead atoms. The van der Waals surface area contributed by atoms with Gasteiger partial charge < -0.3 is 5.73 Å². The summed E-state index contributed by atoms with van der Waals surface area (Å²) in [5.41, 5.74) is 6.13. The van der Waals surface area contributed by atoms with Crippen molar-refractivity contribution in [2.75, 3.05) is 0 Å². The number of hydrogen-bond acceptors (Lipinski definition) is 2. The van der Waals surface area contributed by atoms with Crippen molar-refractivity contribution in [2.24, 2.45) is 17.6 Å². The lowest BCUT2D eigenvalue weighted by Crippen LogP contribution is -2.37. The van der Waals surface area contributed by atoms with Crippen molar-refractivity contribution >= 4 is 22.9 Å². The van der Waals surface area contributed by atoms with Crippen LogP contribution in [0.5, 0.6) is 0 Å². The van der Waals surface area contributed by atoms with E-state index in [1.54, 1.807) is 0 Å². The Bertz CT molecular complexity index is 410. The van der Waals surface area contributed by atoms with E-state index in [2.05, 4.69) is 0 Å². The molecule has 19 heavy (non-hydrogen) atoms. The Balaban J connectivity index is 1.84. The lowest BCUT2D eigenvalue weighted by Gasteiger charge is -2.32. The number of thiophene rings is 1. The third-order valence-corrected chi connectivity index (χ3v) is 5.16. The highest BCUT2D eigenvalue weighted by Gasteiger charge is 2.42. The molecule has 0 spiro atoms. The average molecular weight is 312 g/mol. The van der Waals surface area contributed by atoms with Gasteiger partial charge in [0, 0.05) is 10.9 Å². The minimum absolute atomic E-state index is 0.0658. The van der Waals surface area contributed by atoms with Gasteiger partial charge in [-0.3, -0.25) is 0 Å². The summed E-state index contributed by atoms with van der Waals surface area (Å²) < 4.78 is 38.4. The van der Waals surface area contributed by atoms with E-state index in [0.29, 0.717) is 19.3 Å². The van der Waals surface area contributed by atoms with Gasteiger partial charge in [-0.15, -0.1) is 11.3 Å². The van der Waals surface area contributed by atoms with E-state index in [1.165, 1.54) is 11.3 Å². The van der Waals surface area contributed by atoms with Crippen molar-refractivity contribution in [3.63, 3.8) is 0 Å². The monoisotopic (exact) mass is 311 g/mol. The predicted molar refractivity (Wildman–Crippen MR) is 72.5 cm³/mol. The fraction of sp³-hybridized carbons (Fsp3) is 0.692. The van der Waals surface area contributed by atoms with E-state index >= 15 is 0 Å². The standard InChI is InChI=1S/C13H17ClF3NS/c14-12-6-5-10(19-12)7-11(18)8-1-3-9(4-2-8)13(15,16)17/h5-6,8-9,11H,1-4,7,18H2. The largest absolute Gasteiger partial charge is 0.391 e. The summed E-state index contributed by atoms with van der Waals surface area (Å²) in [7, 11) is 0. The first-order valence-electron chi connectivity index (χ1n) is 6.42. The van der Waals surface area contributed by atoms with Crippen molar-refractivity contribution in [3.05, 3.63) is 21.3 Å². The summed E-state index contributed by atoms with van der Waals surface area (Å²) in [5.74, 6) is -0.938. The predicted octanol–water partition coefficient (Wildman–Crippen LogP) is 4.64. The van der Waals surface area contributed by atoms with Crippen LogP contribution in [-0.4, -0.2) is 12.2 Å². The molecule has 1 aromatic heterocycles. The molecule has 0 amide bonds. The number of halogens is 4. The highest BCUT2D eigenvalue weighted by Crippen LogP contribution is 2.40. The first-order valence-corrected chi connectivity index (χ1v) is 7.62. The van der Waals surface area contributed by atoms with Gasteiger partial charge in [0.05, 0.1) is 10.3 Å². The van der Waals surface area contributed by atoms with E-state index < -0.39 is 12.1 Å². The van der Waals surface area contributed by atoms with E-state index in [-0.39, 0.29) is 24.8 Å². The molecule has 6 heteroatoms. The van der Waals surface area contributed by atoms with Gasteiger partial charge in [-0.2, -0.15) is 13.2 Å². The van der Waals surface area contributed by atoms with E-state index in [1.807, 2.05) is 12.1 Å². The van der Waals surface area contributed by atoms with E-state index in [4.69, 9.17) is 17.3 Å². The average Bonchev–Trinajstić information content (AvgIpc) is 2.74. The molecule has 0 radical (unpaired) electrons. The van der Waals surface area contributed by atoms with Crippen molar-refractivity contribution in [1.82, 2.24) is 0 Å².